The topological polar surface area (TPSA) is 60.0 Å². The quantitative estimate of drug-likeness (QED) is 0.873. The van der Waals surface area contributed by atoms with Crippen LogP contribution in [0.3, 0.4) is 0 Å². The molecule has 1 saturated carbocycles. The van der Waals surface area contributed by atoms with Crippen molar-refractivity contribution < 1.29 is 4.79 Å². The van der Waals surface area contributed by atoms with Gasteiger partial charge in [0.05, 0.1) is 0 Å². The van der Waals surface area contributed by atoms with Gasteiger partial charge in [-0.05, 0) is 35.8 Å². The van der Waals surface area contributed by atoms with E-state index in [1.165, 1.54) is 0 Å². The predicted octanol–water partition coefficient (Wildman–Crippen LogP) is 3.32. The summed E-state index contributed by atoms with van der Waals surface area (Å²) in [4.78, 5) is 12.7. The first-order valence-electron chi connectivity index (χ1n) is 7.43. The molecule has 0 atom stereocenters. The van der Waals surface area contributed by atoms with Gasteiger partial charge in [-0.2, -0.15) is 0 Å². The molecule has 0 aromatic carbocycles. The maximum atomic E-state index is 12.7. The third-order valence-corrected chi connectivity index (χ3v) is 5.40. The van der Waals surface area contributed by atoms with Gasteiger partial charge >= 0.3 is 0 Å². The molecule has 1 aromatic heterocycles. The molecule has 1 fully saturated rings. The summed E-state index contributed by atoms with van der Waals surface area (Å²) >= 11 is 3.45. The number of carbonyl (C=O) groups is 1. The zero-order chi connectivity index (χ0) is 16.2. The molecule has 21 heavy (non-hydrogen) atoms. The van der Waals surface area contributed by atoms with Crippen LogP contribution < -0.4 is 11.1 Å². The molecule has 1 amide bonds. The molecule has 2 rings (SSSR count). The first kappa shape index (κ1) is 16.6. The van der Waals surface area contributed by atoms with Crippen molar-refractivity contribution in [2.75, 3.05) is 0 Å². The highest BCUT2D eigenvalue weighted by Gasteiger charge is 2.60. The van der Waals surface area contributed by atoms with Gasteiger partial charge in [-0.1, -0.05) is 27.7 Å². The van der Waals surface area contributed by atoms with Gasteiger partial charge in [0.15, 0.2) is 0 Å². The van der Waals surface area contributed by atoms with Gasteiger partial charge in [-0.25, -0.2) is 0 Å². The van der Waals surface area contributed by atoms with E-state index in [9.17, 15) is 4.79 Å². The Kier molecular flexibility index (Phi) is 4.04. The molecule has 1 aliphatic carbocycles. The van der Waals surface area contributed by atoms with Crippen molar-refractivity contribution >= 4 is 21.8 Å². The van der Waals surface area contributed by atoms with Crippen molar-refractivity contribution in [3.05, 3.63) is 22.4 Å². The number of nitrogens with two attached hydrogens (primary N) is 1. The molecule has 0 aliphatic heterocycles. The molecular weight excluding hydrogens is 330 g/mol. The monoisotopic (exact) mass is 355 g/mol. The Bertz CT molecular complexity index is 544. The number of hydrogen-bond acceptors (Lipinski definition) is 2. The Labute approximate surface area is 135 Å². The summed E-state index contributed by atoms with van der Waals surface area (Å²) in [5.74, 6) is -0.0348. The highest BCUT2D eigenvalue weighted by atomic mass is 79.9. The van der Waals surface area contributed by atoms with Crippen molar-refractivity contribution in [2.24, 2.45) is 16.6 Å². The second-order valence-electron chi connectivity index (χ2n) is 7.57. The minimum Gasteiger partial charge on any atom is -0.347 e. The van der Waals surface area contributed by atoms with Gasteiger partial charge in [-0.15, -0.1) is 0 Å². The zero-order valence-electron chi connectivity index (χ0n) is 13.7. The average Bonchev–Trinajstić information content (AvgIpc) is 2.76. The van der Waals surface area contributed by atoms with Gasteiger partial charge in [-0.3, -0.25) is 4.79 Å². The first-order chi connectivity index (χ1) is 9.49. The lowest BCUT2D eigenvalue weighted by Crippen LogP contribution is -2.76. The standard InChI is InChI=1S/C16H26BrN3O/c1-9(2)20-8-10(17)7-11(20)12(21)19-14-15(3,4)13(18)16(14,5)6/h7-9,13-14H,18H2,1-6H3,(H,19,21). The fourth-order valence-electron chi connectivity index (χ4n) is 3.81. The van der Waals surface area contributed by atoms with Crippen LogP contribution in [0.25, 0.3) is 0 Å². The summed E-state index contributed by atoms with van der Waals surface area (Å²) in [5.41, 5.74) is 6.76. The third kappa shape index (κ3) is 2.55. The normalized spacial score (nSPS) is 26.5. The van der Waals surface area contributed by atoms with Crippen LogP contribution in [0.15, 0.2) is 16.7 Å². The maximum Gasteiger partial charge on any atom is 0.268 e. The molecule has 5 heteroatoms. The van der Waals surface area contributed by atoms with Crippen LogP contribution in [-0.2, 0) is 0 Å². The van der Waals surface area contributed by atoms with Gasteiger partial charge in [0.2, 0.25) is 0 Å². The number of halogens is 1. The smallest absolute Gasteiger partial charge is 0.268 e. The summed E-state index contributed by atoms with van der Waals surface area (Å²) < 4.78 is 2.91. The Morgan fingerprint density at radius 3 is 2.33 bits per heavy atom. The molecule has 1 heterocycles. The van der Waals surface area contributed by atoms with Crippen LogP contribution in [-0.4, -0.2) is 22.6 Å². The summed E-state index contributed by atoms with van der Waals surface area (Å²) in [6, 6.07) is 2.26. The van der Waals surface area contributed by atoms with Crippen LogP contribution in [0.1, 0.15) is 58.1 Å². The molecular formula is C16H26BrN3O. The Morgan fingerprint density at radius 1 is 1.33 bits per heavy atom. The minimum absolute atomic E-state index is 0.0348. The lowest BCUT2D eigenvalue weighted by Gasteiger charge is -2.62. The number of amides is 1. The first-order valence-corrected chi connectivity index (χ1v) is 8.22. The zero-order valence-corrected chi connectivity index (χ0v) is 15.3. The van der Waals surface area contributed by atoms with E-state index in [0.29, 0.717) is 5.69 Å². The molecule has 3 N–H and O–H groups in total. The second kappa shape index (κ2) is 5.13. The number of nitrogens with one attached hydrogen (secondary N) is 1. The SMILES string of the molecule is CC(C)n1cc(Br)cc1C(=O)NC1C(C)(C)C(N)C1(C)C. The molecule has 0 radical (unpaired) electrons. The molecule has 0 unspecified atom stereocenters. The minimum atomic E-state index is -0.0916. The van der Waals surface area contributed by atoms with E-state index in [1.807, 2.05) is 16.8 Å². The van der Waals surface area contributed by atoms with Crippen LogP contribution in [0.5, 0.6) is 0 Å². The molecule has 0 spiro atoms. The lowest BCUT2D eigenvalue weighted by atomic mass is 9.48. The van der Waals surface area contributed by atoms with E-state index < -0.39 is 0 Å². The maximum absolute atomic E-state index is 12.7. The number of aromatic nitrogens is 1. The van der Waals surface area contributed by atoms with Gasteiger partial charge in [0.1, 0.15) is 5.69 Å². The number of nitrogens with zero attached hydrogens (tertiary/aromatic N) is 1. The van der Waals surface area contributed by atoms with E-state index in [-0.39, 0.29) is 34.9 Å². The number of hydrogen-bond donors (Lipinski definition) is 2. The molecule has 118 valence electrons. The van der Waals surface area contributed by atoms with Gasteiger partial charge in [0.25, 0.3) is 5.91 Å². The molecule has 4 nitrogen and oxygen atoms in total. The number of carbonyl (C=O) groups excluding carboxylic acids is 1. The predicted molar refractivity (Wildman–Crippen MR) is 89.3 cm³/mol. The van der Waals surface area contributed by atoms with Crippen molar-refractivity contribution in [2.45, 2.75) is 59.7 Å². The van der Waals surface area contributed by atoms with Crippen molar-refractivity contribution in [1.82, 2.24) is 9.88 Å². The van der Waals surface area contributed by atoms with Crippen molar-refractivity contribution in [3.63, 3.8) is 0 Å². The van der Waals surface area contributed by atoms with E-state index in [4.69, 9.17) is 5.73 Å². The van der Waals surface area contributed by atoms with Crippen molar-refractivity contribution in [3.8, 4) is 0 Å². The van der Waals surface area contributed by atoms with Gasteiger partial charge < -0.3 is 15.6 Å². The summed E-state index contributed by atoms with van der Waals surface area (Å²) in [7, 11) is 0. The fourth-order valence-corrected chi connectivity index (χ4v) is 4.25. The number of rotatable bonds is 3. The van der Waals surface area contributed by atoms with Crippen LogP contribution in [0.2, 0.25) is 0 Å². The Morgan fingerprint density at radius 2 is 1.86 bits per heavy atom. The van der Waals surface area contributed by atoms with E-state index in [1.54, 1.807) is 0 Å². The van der Waals surface area contributed by atoms with Gasteiger partial charge in [0, 0.05) is 39.6 Å². The summed E-state index contributed by atoms with van der Waals surface area (Å²) in [6.07, 6.45) is 1.95. The summed E-state index contributed by atoms with van der Waals surface area (Å²) in [5, 5.41) is 3.19. The highest BCUT2D eigenvalue weighted by molar-refractivity contribution is 9.10. The Hall–Kier alpha value is -0.810. The van der Waals surface area contributed by atoms with Crippen molar-refractivity contribution in [1.29, 1.82) is 0 Å². The van der Waals surface area contributed by atoms with Crippen LogP contribution in [0.4, 0.5) is 0 Å². The van der Waals surface area contributed by atoms with E-state index >= 15 is 0 Å². The Balaban J connectivity index is 2.23. The van der Waals surface area contributed by atoms with E-state index in [2.05, 4.69) is 62.8 Å². The molecule has 1 aliphatic rings. The molecule has 0 bridgehead atoms. The highest BCUT2D eigenvalue weighted by Crippen LogP contribution is 2.52. The summed E-state index contributed by atoms with van der Waals surface area (Å²) in [6.45, 7) is 12.6. The third-order valence-electron chi connectivity index (χ3n) is 4.97. The largest absolute Gasteiger partial charge is 0.347 e. The lowest BCUT2D eigenvalue weighted by molar-refractivity contribution is -0.0664. The molecule has 0 saturated heterocycles. The molecule has 1 aromatic rings. The second-order valence-corrected chi connectivity index (χ2v) is 8.49. The van der Waals surface area contributed by atoms with E-state index in [0.717, 1.165) is 4.47 Å². The average molecular weight is 356 g/mol. The fraction of sp³-hybridized carbons (Fsp3) is 0.688. The van der Waals surface area contributed by atoms with Crippen LogP contribution in [0, 0.1) is 10.8 Å². The van der Waals surface area contributed by atoms with Crippen LogP contribution >= 0.6 is 15.9 Å².